The van der Waals surface area contributed by atoms with Crippen molar-refractivity contribution in [3.05, 3.63) is 58.4 Å². The van der Waals surface area contributed by atoms with E-state index in [1.807, 2.05) is 44.5 Å². The highest BCUT2D eigenvalue weighted by Crippen LogP contribution is 2.23. The number of aryl methyl sites for hydroxylation is 2. The lowest BCUT2D eigenvalue weighted by Crippen LogP contribution is -2.31. The first-order valence-electron chi connectivity index (χ1n) is 9.70. The second-order valence-electron chi connectivity index (χ2n) is 7.69. The molecule has 2 aromatic carbocycles. The molecule has 0 fully saturated rings. The number of amides is 3. The lowest BCUT2D eigenvalue weighted by Gasteiger charge is -2.18. The van der Waals surface area contributed by atoms with Crippen LogP contribution in [0.15, 0.2) is 36.4 Å². The van der Waals surface area contributed by atoms with Crippen molar-refractivity contribution in [2.24, 2.45) is 7.05 Å². The summed E-state index contributed by atoms with van der Waals surface area (Å²) in [5.74, 6) is 0.574. The number of carbonyl (C=O) groups is 2. The fraction of sp³-hybridized carbons (Fsp3) is 0.318. The number of hydrogen-bond acceptors (Lipinski definition) is 3. The zero-order valence-corrected chi connectivity index (χ0v) is 18.5. The van der Waals surface area contributed by atoms with E-state index in [4.69, 9.17) is 11.6 Å². The Bertz CT molecular complexity index is 1110. The molecule has 0 unspecified atom stereocenters. The number of halogens is 1. The summed E-state index contributed by atoms with van der Waals surface area (Å²) in [6.07, 6.45) is 0. The van der Waals surface area contributed by atoms with Gasteiger partial charge in [-0.2, -0.15) is 0 Å². The SMILES string of the molecule is Cc1ccc(NC(=O)N(C)Cc2nc3cc(C(=O)NC(C)C)ccc3n2C)c(Cl)c1. The van der Waals surface area contributed by atoms with Crippen LogP contribution in [0.2, 0.25) is 5.02 Å². The normalized spacial score (nSPS) is 11.0. The zero-order valence-electron chi connectivity index (χ0n) is 17.8. The van der Waals surface area contributed by atoms with Gasteiger partial charge in [0.1, 0.15) is 5.82 Å². The van der Waals surface area contributed by atoms with E-state index < -0.39 is 0 Å². The number of imidazole rings is 1. The molecule has 0 aliphatic rings. The number of hydrogen-bond donors (Lipinski definition) is 2. The van der Waals surface area contributed by atoms with Crippen LogP contribution in [0.4, 0.5) is 10.5 Å². The van der Waals surface area contributed by atoms with E-state index in [-0.39, 0.29) is 18.0 Å². The molecule has 0 saturated heterocycles. The van der Waals surface area contributed by atoms with Gasteiger partial charge >= 0.3 is 6.03 Å². The summed E-state index contributed by atoms with van der Waals surface area (Å²) in [5, 5.41) is 6.19. The molecule has 3 aromatic rings. The number of nitrogens with one attached hydrogen (secondary N) is 2. The van der Waals surface area contributed by atoms with Crippen LogP contribution >= 0.6 is 11.6 Å². The summed E-state index contributed by atoms with van der Waals surface area (Å²) < 4.78 is 1.92. The van der Waals surface area contributed by atoms with Crippen LogP contribution in [0.25, 0.3) is 11.0 Å². The smallest absolute Gasteiger partial charge is 0.322 e. The maximum Gasteiger partial charge on any atom is 0.322 e. The van der Waals surface area contributed by atoms with Crippen molar-refractivity contribution in [1.82, 2.24) is 19.8 Å². The van der Waals surface area contributed by atoms with Gasteiger partial charge in [-0.25, -0.2) is 9.78 Å². The lowest BCUT2D eigenvalue weighted by atomic mass is 10.2. The number of nitrogens with zero attached hydrogens (tertiary/aromatic N) is 3. The number of urea groups is 1. The standard InChI is InChI=1S/C22H26ClN5O2/c1-13(2)24-21(29)15-7-9-19-18(11-15)25-20(28(19)5)12-27(4)22(30)26-17-8-6-14(3)10-16(17)23/h6-11,13H,12H2,1-5H3,(H,24,29)(H,26,30). The van der Waals surface area contributed by atoms with Crippen LogP contribution in [0.5, 0.6) is 0 Å². The van der Waals surface area contributed by atoms with E-state index in [0.29, 0.717) is 34.2 Å². The van der Waals surface area contributed by atoms with Gasteiger partial charge in [0.15, 0.2) is 0 Å². The van der Waals surface area contributed by atoms with Crippen molar-refractivity contribution < 1.29 is 9.59 Å². The van der Waals surface area contributed by atoms with Gasteiger partial charge in [0.2, 0.25) is 0 Å². The van der Waals surface area contributed by atoms with Gasteiger partial charge in [-0.3, -0.25) is 4.79 Å². The van der Waals surface area contributed by atoms with Gasteiger partial charge in [-0.15, -0.1) is 0 Å². The van der Waals surface area contributed by atoms with Gasteiger partial charge in [-0.1, -0.05) is 17.7 Å². The first-order chi connectivity index (χ1) is 14.2. The molecule has 0 atom stereocenters. The third kappa shape index (κ3) is 4.74. The molecule has 2 N–H and O–H groups in total. The average Bonchev–Trinajstić information content (AvgIpc) is 2.98. The molecule has 7 nitrogen and oxygen atoms in total. The van der Waals surface area contributed by atoms with Crippen LogP contribution < -0.4 is 10.6 Å². The second-order valence-corrected chi connectivity index (χ2v) is 8.10. The van der Waals surface area contributed by atoms with E-state index in [2.05, 4.69) is 15.6 Å². The molecule has 0 spiro atoms. The monoisotopic (exact) mass is 427 g/mol. The van der Waals surface area contributed by atoms with E-state index >= 15 is 0 Å². The molecule has 1 heterocycles. The molecule has 158 valence electrons. The molecule has 0 bridgehead atoms. The Morgan fingerprint density at radius 2 is 1.93 bits per heavy atom. The van der Waals surface area contributed by atoms with Crippen molar-refractivity contribution in [3.63, 3.8) is 0 Å². The fourth-order valence-corrected chi connectivity index (χ4v) is 3.38. The van der Waals surface area contributed by atoms with Gasteiger partial charge < -0.3 is 20.1 Å². The first-order valence-corrected chi connectivity index (χ1v) is 10.1. The average molecular weight is 428 g/mol. The van der Waals surface area contributed by atoms with Crippen LogP contribution in [0.3, 0.4) is 0 Å². The number of aromatic nitrogens is 2. The molecular formula is C22H26ClN5O2. The van der Waals surface area contributed by atoms with Crippen molar-refractivity contribution in [2.45, 2.75) is 33.4 Å². The Morgan fingerprint density at radius 3 is 2.60 bits per heavy atom. The van der Waals surface area contributed by atoms with E-state index in [9.17, 15) is 9.59 Å². The molecule has 0 radical (unpaired) electrons. The third-order valence-corrected chi connectivity index (χ3v) is 5.06. The number of benzene rings is 2. The van der Waals surface area contributed by atoms with E-state index in [1.54, 1.807) is 31.3 Å². The molecule has 0 saturated carbocycles. The van der Waals surface area contributed by atoms with Crippen LogP contribution in [0.1, 0.15) is 35.6 Å². The van der Waals surface area contributed by atoms with Crippen molar-refractivity contribution >= 4 is 40.3 Å². The highest BCUT2D eigenvalue weighted by atomic mass is 35.5. The summed E-state index contributed by atoms with van der Waals surface area (Å²) in [6, 6.07) is 10.7. The summed E-state index contributed by atoms with van der Waals surface area (Å²) >= 11 is 6.21. The minimum atomic E-state index is -0.287. The first kappa shape index (κ1) is 21.6. The lowest BCUT2D eigenvalue weighted by molar-refractivity contribution is 0.0943. The fourth-order valence-electron chi connectivity index (χ4n) is 3.09. The topological polar surface area (TPSA) is 79.3 Å². The molecule has 30 heavy (non-hydrogen) atoms. The Kier molecular flexibility index (Phi) is 6.31. The molecule has 3 amide bonds. The highest BCUT2D eigenvalue weighted by Gasteiger charge is 2.16. The minimum absolute atomic E-state index is 0.0571. The second kappa shape index (κ2) is 8.75. The predicted molar refractivity (Wildman–Crippen MR) is 120 cm³/mol. The summed E-state index contributed by atoms with van der Waals surface area (Å²) in [7, 11) is 3.58. The summed E-state index contributed by atoms with van der Waals surface area (Å²) in [5.41, 5.74) is 3.74. The number of anilines is 1. The minimum Gasteiger partial charge on any atom is -0.350 e. The van der Waals surface area contributed by atoms with E-state index in [1.165, 1.54) is 4.90 Å². The number of fused-ring (bicyclic) bond motifs is 1. The molecule has 3 rings (SSSR count). The van der Waals surface area contributed by atoms with Crippen molar-refractivity contribution in [1.29, 1.82) is 0 Å². The molecule has 8 heteroatoms. The molecule has 0 aliphatic carbocycles. The summed E-state index contributed by atoms with van der Waals surface area (Å²) in [4.78, 5) is 31.0. The van der Waals surface area contributed by atoms with E-state index in [0.717, 1.165) is 11.1 Å². The van der Waals surface area contributed by atoms with Crippen molar-refractivity contribution in [2.75, 3.05) is 12.4 Å². The Hall–Kier alpha value is -3.06. The van der Waals surface area contributed by atoms with Crippen LogP contribution in [0, 0.1) is 6.92 Å². The maximum absolute atomic E-state index is 12.6. The largest absolute Gasteiger partial charge is 0.350 e. The van der Waals surface area contributed by atoms with Gasteiger partial charge in [0.25, 0.3) is 5.91 Å². The van der Waals surface area contributed by atoms with Gasteiger partial charge in [-0.05, 0) is 56.7 Å². The Labute approximate surface area is 181 Å². The van der Waals surface area contributed by atoms with Crippen LogP contribution in [-0.2, 0) is 13.6 Å². The molecular weight excluding hydrogens is 402 g/mol. The summed E-state index contributed by atoms with van der Waals surface area (Å²) in [6.45, 7) is 6.07. The quantitative estimate of drug-likeness (QED) is 0.635. The maximum atomic E-state index is 12.6. The number of rotatable bonds is 5. The van der Waals surface area contributed by atoms with Crippen LogP contribution in [-0.4, -0.2) is 39.5 Å². The predicted octanol–water partition coefficient (Wildman–Crippen LogP) is 4.34. The van der Waals surface area contributed by atoms with Gasteiger partial charge in [0, 0.05) is 25.7 Å². The molecule has 1 aromatic heterocycles. The van der Waals surface area contributed by atoms with Gasteiger partial charge in [0.05, 0.1) is 28.3 Å². The number of carbonyl (C=O) groups excluding carboxylic acids is 2. The third-order valence-electron chi connectivity index (χ3n) is 4.75. The molecule has 0 aliphatic heterocycles. The van der Waals surface area contributed by atoms with Crippen molar-refractivity contribution in [3.8, 4) is 0 Å². The highest BCUT2D eigenvalue weighted by molar-refractivity contribution is 6.33. The zero-order chi connectivity index (χ0) is 22.0. The Morgan fingerprint density at radius 1 is 1.20 bits per heavy atom. The Balaban J connectivity index is 1.76.